The number of nitrogens with one attached hydrogen (secondary N) is 2. The highest BCUT2D eigenvalue weighted by Crippen LogP contribution is 2.18. The smallest absolute Gasteiger partial charge is 0.429 e. The molecule has 0 aliphatic heterocycles. The Balaban J connectivity index is 1.92. The van der Waals surface area contributed by atoms with Crippen molar-refractivity contribution in [2.75, 3.05) is 13.1 Å². The highest BCUT2D eigenvalue weighted by molar-refractivity contribution is 9.10. The molecule has 2 aromatic carbocycles. The molecule has 0 aliphatic rings. The first-order valence-electron chi connectivity index (χ1n) is 12.9. The second-order valence-corrected chi connectivity index (χ2v) is 9.65. The molecule has 0 radical (unpaired) electrons. The zero-order valence-corrected chi connectivity index (χ0v) is 23.1. The summed E-state index contributed by atoms with van der Waals surface area (Å²) in [7, 11) is 0. The third-order valence-electron chi connectivity index (χ3n) is 5.71. The van der Waals surface area contributed by atoms with Gasteiger partial charge in [0.2, 0.25) is 11.8 Å². The van der Waals surface area contributed by atoms with E-state index in [1.807, 2.05) is 24.3 Å². The monoisotopic (exact) mass is 575 g/mol. The van der Waals surface area contributed by atoms with Crippen LogP contribution in [0, 0.1) is 0 Å². The average molecular weight is 577 g/mol. The summed E-state index contributed by atoms with van der Waals surface area (Å²) in [5.74, 6) is -0.0359. The molecule has 0 unspecified atom stereocenters. The number of unbranched alkanes of at least 4 members (excludes halogenated alkanes) is 4. The highest BCUT2D eigenvalue weighted by atomic mass is 79.9. The first-order chi connectivity index (χ1) is 17.9. The van der Waals surface area contributed by atoms with Crippen molar-refractivity contribution in [2.45, 2.75) is 70.9 Å². The SMILES string of the molecule is CCCCCNC(=O)[C@H](Cc1ccc(OC(=O)OCc2ccccc2Br)cc1)NC(=O)CCCCCN. The first-order valence-corrected chi connectivity index (χ1v) is 13.7. The molecule has 4 N–H and O–H groups in total. The van der Waals surface area contributed by atoms with E-state index in [4.69, 9.17) is 15.2 Å². The summed E-state index contributed by atoms with van der Waals surface area (Å²) >= 11 is 3.41. The lowest BCUT2D eigenvalue weighted by atomic mass is 10.0. The molecule has 0 bridgehead atoms. The molecular formula is C28H38BrN3O5. The summed E-state index contributed by atoms with van der Waals surface area (Å²) in [5, 5.41) is 5.80. The average Bonchev–Trinajstić information content (AvgIpc) is 2.89. The van der Waals surface area contributed by atoms with Crippen molar-refractivity contribution in [1.29, 1.82) is 0 Å². The first kappa shape index (κ1) is 30.3. The van der Waals surface area contributed by atoms with E-state index in [1.165, 1.54) is 0 Å². The normalized spacial score (nSPS) is 11.4. The van der Waals surface area contributed by atoms with Crippen LogP contribution in [0.2, 0.25) is 0 Å². The van der Waals surface area contributed by atoms with Crippen LogP contribution in [0.25, 0.3) is 0 Å². The quantitative estimate of drug-likeness (QED) is 0.147. The molecule has 0 heterocycles. The molecule has 2 rings (SSSR count). The number of nitrogens with two attached hydrogens (primary N) is 1. The summed E-state index contributed by atoms with van der Waals surface area (Å²) in [5.41, 5.74) is 7.17. The van der Waals surface area contributed by atoms with E-state index in [9.17, 15) is 14.4 Å². The van der Waals surface area contributed by atoms with Crippen LogP contribution in [0.3, 0.4) is 0 Å². The number of carbonyl (C=O) groups excluding carboxylic acids is 3. The van der Waals surface area contributed by atoms with Crippen molar-refractivity contribution in [2.24, 2.45) is 5.73 Å². The summed E-state index contributed by atoms with van der Waals surface area (Å²) in [6.45, 7) is 3.36. The number of ether oxygens (including phenoxy) is 2. The van der Waals surface area contributed by atoms with Crippen molar-refractivity contribution in [3.8, 4) is 5.75 Å². The van der Waals surface area contributed by atoms with Crippen LogP contribution in [0.1, 0.15) is 63.0 Å². The highest BCUT2D eigenvalue weighted by Gasteiger charge is 2.21. The molecule has 1 atom stereocenters. The molecule has 37 heavy (non-hydrogen) atoms. The summed E-state index contributed by atoms with van der Waals surface area (Å²) < 4.78 is 11.3. The molecule has 9 heteroatoms. The zero-order valence-electron chi connectivity index (χ0n) is 21.5. The van der Waals surface area contributed by atoms with E-state index in [1.54, 1.807) is 24.3 Å². The molecule has 0 spiro atoms. The Morgan fingerprint density at radius 3 is 2.43 bits per heavy atom. The third kappa shape index (κ3) is 12.3. The van der Waals surface area contributed by atoms with Crippen molar-refractivity contribution in [3.05, 3.63) is 64.1 Å². The topological polar surface area (TPSA) is 120 Å². The molecule has 202 valence electrons. The number of benzene rings is 2. The van der Waals surface area contributed by atoms with E-state index in [2.05, 4.69) is 33.5 Å². The fourth-order valence-electron chi connectivity index (χ4n) is 3.60. The summed E-state index contributed by atoms with van der Waals surface area (Å²) in [6.07, 6.45) is 5.34. The van der Waals surface area contributed by atoms with E-state index in [0.29, 0.717) is 31.7 Å². The lowest BCUT2D eigenvalue weighted by Gasteiger charge is -2.19. The molecule has 8 nitrogen and oxygen atoms in total. The van der Waals surface area contributed by atoms with Crippen LogP contribution in [0.15, 0.2) is 53.0 Å². The van der Waals surface area contributed by atoms with E-state index < -0.39 is 12.2 Å². The standard InChI is InChI=1S/C28H38BrN3O5/c1-2-3-9-18-31-27(34)25(32-26(33)12-5-4-8-17-30)19-21-13-15-23(16-14-21)37-28(35)36-20-22-10-6-7-11-24(22)29/h6-7,10-11,13-16,25H,2-5,8-9,12,17-20,30H2,1H3,(H,31,34)(H,32,33)/t25-/m0/s1. The fraction of sp³-hybridized carbons (Fsp3) is 0.464. The number of rotatable bonds is 16. The van der Waals surface area contributed by atoms with Gasteiger partial charge in [-0.15, -0.1) is 0 Å². The van der Waals surface area contributed by atoms with E-state index in [-0.39, 0.29) is 18.4 Å². The van der Waals surface area contributed by atoms with Crippen LogP contribution in [0.4, 0.5) is 4.79 Å². The van der Waals surface area contributed by atoms with Gasteiger partial charge >= 0.3 is 6.16 Å². The van der Waals surface area contributed by atoms with Gasteiger partial charge in [0.15, 0.2) is 0 Å². The van der Waals surface area contributed by atoms with Crippen molar-refractivity contribution < 1.29 is 23.9 Å². The number of hydrogen-bond acceptors (Lipinski definition) is 6. The Bertz CT molecular complexity index is 984. The van der Waals surface area contributed by atoms with Crippen LogP contribution < -0.4 is 21.1 Å². The van der Waals surface area contributed by atoms with Gasteiger partial charge in [0.05, 0.1) is 0 Å². The molecule has 0 saturated carbocycles. The molecule has 0 saturated heterocycles. The molecule has 0 aliphatic carbocycles. The Hall–Kier alpha value is -2.91. The van der Waals surface area contributed by atoms with Crippen LogP contribution >= 0.6 is 15.9 Å². The molecular weight excluding hydrogens is 538 g/mol. The van der Waals surface area contributed by atoms with Crippen LogP contribution in [0.5, 0.6) is 5.75 Å². The third-order valence-corrected chi connectivity index (χ3v) is 6.48. The largest absolute Gasteiger partial charge is 0.514 e. The van der Waals surface area contributed by atoms with Gasteiger partial charge < -0.3 is 25.8 Å². The predicted molar refractivity (Wildman–Crippen MR) is 147 cm³/mol. The van der Waals surface area contributed by atoms with Crippen molar-refractivity contribution in [3.63, 3.8) is 0 Å². The Morgan fingerprint density at radius 2 is 1.73 bits per heavy atom. The second-order valence-electron chi connectivity index (χ2n) is 8.80. The Labute approximate surface area is 227 Å². The maximum absolute atomic E-state index is 12.8. The van der Waals surface area contributed by atoms with Gasteiger partial charge in [-0.25, -0.2) is 4.79 Å². The Morgan fingerprint density at radius 1 is 0.973 bits per heavy atom. The van der Waals surface area contributed by atoms with Gasteiger partial charge in [-0.3, -0.25) is 9.59 Å². The number of carbonyl (C=O) groups is 3. The predicted octanol–water partition coefficient (Wildman–Crippen LogP) is 5.02. The minimum absolute atomic E-state index is 0.0826. The minimum Gasteiger partial charge on any atom is -0.429 e. The Kier molecular flexibility index (Phi) is 14.4. The van der Waals surface area contributed by atoms with E-state index in [0.717, 1.165) is 54.1 Å². The van der Waals surface area contributed by atoms with Gasteiger partial charge in [-0.05, 0) is 49.6 Å². The summed E-state index contributed by atoms with van der Waals surface area (Å²) in [4.78, 5) is 37.3. The van der Waals surface area contributed by atoms with Gasteiger partial charge in [0, 0.05) is 29.4 Å². The maximum atomic E-state index is 12.8. The lowest BCUT2D eigenvalue weighted by molar-refractivity contribution is -0.129. The van der Waals surface area contributed by atoms with Crippen molar-refractivity contribution in [1.82, 2.24) is 10.6 Å². The molecule has 2 amide bonds. The van der Waals surface area contributed by atoms with Gasteiger partial charge in [0.25, 0.3) is 0 Å². The zero-order chi connectivity index (χ0) is 26.9. The van der Waals surface area contributed by atoms with Crippen LogP contribution in [-0.2, 0) is 27.4 Å². The van der Waals surface area contributed by atoms with E-state index >= 15 is 0 Å². The summed E-state index contributed by atoms with van der Waals surface area (Å²) in [6, 6.07) is 13.6. The molecule has 2 aromatic rings. The van der Waals surface area contributed by atoms with Gasteiger partial charge in [0.1, 0.15) is 18.4 Å². The van der Waals surface area contributed by atoms with Crippen LogP contribution in [-0.4, -0.2) is 37.1 Å². The molecule has 0 fully saturated rings. The number of hydrogen-bond donors (Lipinski definition) is 3. The minimum atomic E-state index is -0.810. The maximum Gasteiger partial charge on any atom is 0.514 e. The van der Waals surface area contributed by atoms with Crippen molar-refractivity contribution >= 4 is 33.9 Å². The fourth-order valence-corrected chi connectivity index (χ4v) is 4.00. The second kappa shape index (κ2) is 17.5. The number of amides is 2. The molecule has 0 aromatic heterocycles. The van der Waals surface area contributed by atoms with Gasteiger partial charge in [-0.1, -0.05) is 72.4 Å². The van der Waals surface area contributed by atoms with Gasteiger partial charge in [-0.2, -0.15) is 0 Å². The lowest BCUT2D eigenvalue weighted by Crippen LogP contribution is -2.48. The number of halogens is 1.